The lowest BCUT2D eigenvalue weighted by Crippen LogP contribution is -2.10. The zero-order valence-corrected chi connectivity index (χ0v) is 19.0. The molecule has 0 amide bonds. The first kappa shape index (κ1) is 21.8. The molecule has 0 spiro atoms. The van der Waals surface area contributed by atoms with E-state index >= 15 is 0 Å². The minimum absolute atomic E-state index is 0.0136. The number of benzene rings is 2. The third-order valence-electron chi connectivity index (χ3n) is 5.60. The second-order valence-corrected chi connectivity index (χ2v) is 9.13. The van der Waals surface area contributed by atoms with Crippen LogP contribution in [0.2, 0.25) is 0 Å². The van der Waals surface area contributed by atoms with E-state index in [9.17, 15) is 8.78 Å². The molecule has 0 radical (unpaired) electrons. The molecule has 3 aromatic rings. The van der Waals surface area contributed by atoms with E-state index in [1.807, 2.05) is 12.1 Å². The minimum atomic E-state index is -0.970. The summed E-state index contributed by atoms with van der Waals surface area (Å²) < 4.78 is 29.3. The molecule has 0 aliphatic carbocycles. The Morgan fingerprint density at radius 1 is 0.824 bits per heavy atom. The highest BCUT2D eigenvalue weighted by atomic mass is 19.2. The fraction of sp³-hybridized carbons (Fsp3) is 0.192. The lowest BCUT2D eigenvalue weighted by molar-refractivity contribution is 0.510. The highest BCUT2D eigenvalue weighted by Gasteiger charge is 2.18. The van der Waals surface area contributed by atoms with Gasteiger partial charge in [-0.15, -0.1) is 0 Å². The van der Waals surface area contributed by atoms with Gasteiger partial charge in [0, 0.05) is 5.56 Å². The van der Waals surface area contributed by atoms with Crippen LogP contribution in [0.1, 0.15) is 32.0 Å². The smallest absolute Gasteiger partial charge is 0.169 e. The monoisotopic (exact) mass is 456 g/mol. The van der Waals surface area contributed by atoms with Crippen molar-refractivity contribution in [3.8, 4) is 34.0 Å². The van der Waals surface area contributed by atoms with Crippen LogP contribution >= 0.6 is 0 Å². The van der Waals surface area contributed by atoms with Crippen molar-refractivity contribution in [1.29, 1.82) is 0 Å². The largest absolute Gasteiger partial charge is 0.264 e. The van der Waals surface area contributed by atoms with Gasteiger partial charge in [-0.3, -0.25) is 4.68 Å². The molecule has 0 unspecified atom stereocenters. The van der Waals surface area contributed by atoms with Crippen molar-refractivity contribution in [2.45, 2.75) is 32.7 Å². The first-order chi connectivity index (χ1) is 16.3. The third kappa shape index (κ3) is 4.26. The van der Waals surface area contributed by atoms with Crippen molar-refractivity contribution >= 4 is 0 Å². The minimum Gasteiger partial charge on any atom is -0.264 e. The van der Waals surface area contributed by atoms with Crippen LogP contribution in [0.3, 0.4) is 0 Å². The molecule has 170 valence electrons. The molecule has 3 heterocycles. The molecule has 0 bridgehead atoms. The molecule has 5 rings (SSSR count). The lowest BCUT2D eigenvalue weighted by atomic mass is 9.86. The molecule has 0 N–H and O–H groups in total. The van der Waals surface area contributed by atoms with Gasteiger partial charge in [0.25, 0.3) is 0 Å². The van der Waals surface area contributed by atoms with E-state index in [1.165, 1.54) is 17.7 Å². The molecular formula is C26H22F2N6. The molecule has 0 saturated heterocycles. The maximum atomic E-state index is 14.1. The van der Waals surface area contributed by atoms with Crippen LogP contribution in [0.5, 0.6) is 0 Å². The molecule has 0 saturated carbocycles. The Morgan fingerprint density at radius 2 is 1.59 bits per heavy atom. The number of imidazole rings is 1. The van der Waals surface area contributed by atoms with E-state index in [-0.39, 0.29) is 16.8 Å². The predicted octanol–water partition coefficient (Wildman–Crippen LogP) is 5.53. The van der Waals surface area contributed by atoms with E-state index in [0.717, 1.165) is 23.0 Å². The zero-order chi connectivity index (χ0) is 23.9. The van der Waals surface area contributed by atoms with Crippen molar-refractivity contribution in [2.24, 2.45) is 0 Å². The SMILES string of the molecule is CC(C)(C)c1ccc(-c2ccc(Cn3cc4nc(-c5cccc(F)c5F)nc-4cn3)nn2)cc1. The highest BCUT2D eigenvalue weighted by Crippen LogP contribution is 2.27. The van der Waals surface area contributed by atoms with Gasteiger partial charge in [-0.1, -0.05) is 51.1 Å². The van der Waals surface area contributed by atoms with Crippen molar-refractivity contribution in [1.82, 2.24) is 29.9 Å². The summed E-state index contributed by atoms with van der Waals surface area (Å²) in [5.41, 5.74) is 4.91. The molecular weight excluding hydrogens is 434 g/mol. The van der Waals surface area contributed by atoms with Crippen LogP contribution < -0.4 is 0 Å². The normalized spacial score (nSPS) is 11.8. The van der Waals surface area contributed by atoms with Gasteiger partial charge < -0.3 is 0 Å². The van der Waals surface area contributed by atoms with Crippen molar-refractivity contribution in [3.63, 3.8) is 0 Å². The zero-order valence-electron chi connectivity index (χ0n) is 19.0. The summed E-state index contributed by atoms with van der Waals surface area (Å²) in [7, 11) is 0. The number of aromatic nitrogens is 6. The van der Waals surface area contributed by atoms with Gasteiger partial charge >= 0.3 is 0 Å². The fourth-order valence-electron chi connectivity index (χ4n) is 3.65. The Bertz CT molecular complexity index is 1420. The number of rotatable bonds is 4. The molecule has 0 fully saturated rings. The Morgan fingerprint density at radius 3 is 2.29 bits per heavy atom. The van der Waals surface area contributed by atoms with Crippen molar-refractivity contribution < 1.29 is 8.78 Å². The second kappa shape index (κ2) is 8.37. The molecule has 6 nitrogen and oxygen atoms in total. The number of halogens is 2. The third-order valence-corrected chi connectivity index (χ3v) is 5.60. The molecule has 2 aliphatic rings. The first-order valence-electron chi connectivity index (χ1n) is 10.9. The topological polar surface area (TPSA) is 69.4 Å². The quantitative estimate of drug-likeness (QED) is 0.356. The van der Waals surface area contributed by atoms with Crippen LogP contribution in [-0.4, -0.2) is 29.9 Å². The van der Waals surface area contributed by atoms with Gasteiger partial charge in [-0.05, 0) is 35.2 Å². The molecule has 2 aliphatic heterocycles. The average Bonchev–Trinajstić information content (AvgIpc) is 3.24. The van der Waals surface area contributed by atoms with Gasteiger partial charge in [-0.25, -0.2) is 18.7 Å². The summed E-state index contributed by atoms with van der Waals surface area (Å²) in [5, 5.41) is 13.0. The number of hydrogen-bond donors (Lipinski definition) is 0. The summed E-state index contributed by atoms with van der Waals surface area (Å²) in [6.45, 7) is 6.92. The maximum Gasteiger partial charge on any atom is 0.169 e. The van der Waals surface area contributed by atoms with E-state index < -0.39 is 11.6 Å². The van der Waals surface area contributed by atoms with E-state index in [0.29, 0.717) is 17.9 Å². The second-order valence-electron chi connectivity index (χ2n) is 9.13. The van der Waals surface area contributed by atoms with Crippen molar-refractivity contribution in [3.05, 3.63) is 89.9 Å². The van der Waals surface area contributed by atoms with Crippen LogP contribution in [0, 0.1) is 11.6 Å². The Kier molecular flexibility index (Phi) is 5.36. The standard InChI is InChI=1S/C26H22F2N6/c1-26(2,3)17-9-7-16(8-10-17)21-12-11-18(32-33-21)14-34-15-23-22(13-29-34)30-25(31-23)19-5-4-6-20(27)24(19)28/h4-13,15H,14H2,1-3H3. The Labute approximate surface area is 195 Å². The van der Waals surface area contributed by atoms with E-state index in [2.05, 4.69) is 70.3 Å². The summed E-state index contributed by atoms with van der Waals surface area (Å²) in [6.07, 6.45) is 3.24. The molecule has 2 aromatic carbocycles. The van der Waals surface area contributed by atoms with E-state index in [4.69, 9.17) is 0 Å². The Balaban J connectivity index is 1.35. The molecule has 34 heavy (non-hydrogen) atoms. The van der Waals surface area contributed by atoms with Crippen LogP contribution in [0.15, 0.2) is 67.0 Å². The van der Waals surface area contributed by atoms with Gasteiger partial charge in [0.15, 0.2) is 17.5 Å². The van der Waals surface area contributed by atoms with Crippen LogP contribution in [-0.2, 0) is 12.0 Å². The summed E-state index contributed by atoms with van der Waals surface area (Å²) in [6, 6.07) is 16.1. The Hall–Kier alpha value is -4.07. The maximum absolute atomic E-state index is 14.1. The predicted molar refractivity (Wildman–Crippen MR) is 125 cm³/mol. The van der Waals surface area contributed by atoms with Gasteiger partial charge in [-0.2, -0.15) is 15.3 Å². The van der Waals surface area contributed by atoms with E-state index in [1.54, 1.807) is 17.1 Å². The molecule has 8 heteroatoms. The van der Waals surface area contributed by atoms with Gasteiger partial charge in [0.2, 0.25) is 0 Å². The van der Waals surface area contributed by atoms with Crippen LogP contribution in [0.25, 0.3) is 34.0 Å². The molecule has 0 atom stereocenters. The number of fused-ring (bicyclic) bond motifs is 1. The van der Waals surface area contributed by atoms with Gasteiger partial charge in [0.05, 0.1) is 35.9 Å². The number of hydrogen-bond acceptors (Lipinski definition) is 5. The fourth-order valence-corrected chi connectivity index (χ4v) is 3.65. The van der Waals surface area contributed by atoms with Crippen LogP contribution in [0.4, 0.5) is 8.78 Å². The van der Waals surface area contributed by atoms with Crippen molar-refractivity contribution in [2.75, 3.05) is 0 Å². The first-order valence-corrected chi connectivity index (χ1v) is 10.9. The summed E-state index contributed by atoms with van der Waals surface area (Å²) in [4.78, 5) is 8.63. The highest BCUT2D eigenvalue weighted by molar-refractivity contribution is 5.65. The average molecular weight is 457 g/mol. The lowest BCUT2D eigenvalue weighted by Gasteiger charge is -2.19. The number of nitrogens with zero attached hydrogens (tertiary/aromatic N) is 6. The summed E-state index contributed by atoms with van der Waals surface area (Å²) >= 11 is 0. The summed E-state index contributed by atoms with van der Waals surface area (Å²) in [5.74, 6) is -1.79. The van der Waals surface area contributed by atoms with Gasteiger partial charge in [0.1, 0.15) is 11.4 Å². The molecule has 1 aromatic heterocycles.